The van der Waals surface area contributed by atoms with Crippen molar-refractivity contribution in [1.29, 1.82) is 0 Å². The molecular weight excluding hydrogens is 431 g/mol. The largest absolute Gasteiger partial charge is 0.411 e. The quantitative estimate of drug-likeness (QED) is 0.329. The average Bonchev–Trinajstić information content (AvgIpc) is 2.71. The van der Waals surface area contributed by atoms with E-state index in [0.29, 0.717) is 0 Å². The summed E-state index contributed by atoms with van der Waals surface area (Å²) >= 11 is 4.75. The van der Waals surface area contributed by atoms with Crippen LogP contribution < -0.4 is 0 Å². The number of hydrogen-bond donors (Lipinski definition) is 1. The van der Waals surface area contributed by atoms with Crippen molar-refractivity contribution in [2.24, 2.45) is 0 Å². The van der Waals surface area contributed by atoms with Crippen LogP contribution in [0.1, 0.15) is 105 Å². The lowest BCUT2D eigenvalue weighted by molar-refractivity contribution is 0.558. The van der Waals surface area contributed by atoms with Crippen LogP contribution in [0.4, 0.5) is 0 Å². The second-order valence-corrected chi connectivity index (χ2v) is 15.0. The van der Waals surface area contributed by atoms with Crippen molar-refractivity contribution in [2.75, 3.05) is 0 Å². The zero-order valence-electron chi connectivity index (χ0n) is 22.0. The molecule has 176 valence electrons. The summed E-state index contributed by atoms with van der Waals surface area (Å²) in [6.45, 7) is 27.1. The van der Waals surface area contributed by atoms with Gasteiger partial charge in [-0.3, -0.25) is 0 Å². The maximum absolute atomic E-state index is 6.46. The molecular formula is C28H41O2PS. The van der Waals surface area contributed by atoms with Gasteiger partial charge in [0.05, 0.1) is 0 Å². The number of thiol groups is 1. The second kappa shape index (κ2) is 7.88. The fraction of sp³-hybridized carbons (Fsp3) is 0.571. The van der Waals surface area contributed by atoms with Crippen LogP contribution in [0.5, 0.6) is 0 Å². The molecule has 2 aromatic carbocycles. The third kappa shape index (κ3) is 4.95. The van der Waals surface area contributed by atoms with Crippen LogP contribution in [-0.4, -0.2) is 0 Å². The summed E-state index contributed by atoms with van der Waals surface area (Å²) in [6, 6.07) is 9.26. The number of fused-ring (bicyclic) bond motifs is 3. The van der Waals surface area contributed by atoms with Crippen molar-refractivity contribution in [2.45, 2.75) is 105 Å². The molecule has 1 heterocycles. The Labute approximate surface area is 200 Å². The molecule has 0 bridgehead atoms. The van der Waals surface area contributed by atoms with Gasteiger partial charge in [-0.1, -0.05) is 107 Å². The zero-order valence-corrected chi connectivity index (χ0v) is 23.8. The topological polar surface area (TPSA) is 26.3 Å². The molecule has 0 amide bonds. The van der Waals surface area contributed by atoms with E-state index >= 15 is 0 Å². The summed E-state index contributed by atoms with van der Waals surface area (Å²) in [4.78, 5) is 0. The molecule has 0 saturated carbocycles. The molecule has 0 radical (unpaired) electrons. The molecule has 0 unspecified atom stereocenters. The lowest BCUT2D eigenvalue weighted by atomic mass is 9.77. The van der Waals surface area contributed by atoms with Gasteiger partial charge < -0.3 is 8.39 Å². The van der Waals surface area contributed by atoms with Gasteiger partial charge in [-0.15, -0.1) is 0 Å². The first-order valence-electron chi connectivity index (χ1n) is 11.5. The third-order valence-electron chi connectivity index (χ3n) is 6.15. The summed E-state index contributed by atoms with van der Waals surface area (Å²) in [5.41, 5.74) is 6.73. The Morgan fingerprint density at radius 3 is 1.09 bits per heavy atom. The van der Waals surface area contributed by atoms with E-state index in [1.54, 1.807) is 0 Å². The highest BCUT2D eigenvalue weighted by molar-refractivity contribution is 8.38. The Morgan fingerprint density at radius 2 is 0.844 bits per heavy atom. The molecule has 0 atom stereocenters. The van der Waals surface area contributed by atoms with Crippen LogP contribution in [0.3, 0.4) is 0 Å². The van der Waals surface area contributed by atoms with Crippen molar-refractivity contribution in [3.05, 3.63) is 46.5 Å². The molecule has 0 spiro atoms. The van der Waals surface area contributed by atoms with Gasteiger partial charge in [-0.2, -0.15) is 0 Å². The molecule has 2 nitrogen and oxygen atoms in total. The van der Waals surface area contributed by atoms with E-state index in [4.69, 9.17) is 20.6 Å². The smallest absolute Gasteiger partial charge is 0.283 e. The van der Waals surface area contributed by atoms with Crippen molar-refractivity contribution < 1.29 is 8.39 Å². The molecule has 3 aromatic rings. The maximum atomic E-state index is 6.46. The maximum Gasteiger partial charge on any atom is 0.283 e. The van der Waals surface area contributed by atoms with Gasteiger partial charge in [0.1, 0.15) is 11.2 Å². The van der Waals surface area contributed by atoms with E-state index < -0.39 is 7.22 Å². The van der Waals surface area contributed by atoms with Crippen LogP contribution >= 0.6 is 19.5 Å². The summed E-state index contributed by atoms with van der Waals surface area (Å²) in [7, 11) is -1.40. The predicted octanol–water partition coefficient (Wildman–Crippen LogP) is 10.2. The first kappa shape index (κ1) is 25.3. The van der Waals surface area contributed by atoms with Crippen LogP contribution in [0.15, 0.2) is 32.7 Å². The molecule has 0 aliphatic carbocycles. The molecule has 0 aliphatic heterocycles. The van der Waals surface area contributed by atoms with Gasteiger partial charge in [0.2, 0.25) is 0 Å². The molecule has 0 N–H and O–H groups in total. The average molecular weight is 473 g/mol. The summed E-state index contributed by atoms with van der Waals surface area (Å²) < 4.78 is 12.9. The molecule has 0 aliphatic rings. The normalized spacial score (nSPS) is 13.8. The van der Waals surface area contributed by atoms with Crippen molar-refractivity contribution in [3.8, 4) is 0 Å². The molecule has 4 heteroatoms. The van der Waals surface area contributed by atoms with E-state index in [1.807, 2.05) is 0 Å². The summed E-state index contributed by atoms with van der Waals surface area (Å²) in [5.74, 6) is 0. The molecule has 1 aromatic heterocycles. The third-order valence-corrected chi connectivity index (χ3v) is 7.32. The number of rotatable bonds is 0. The Hall–Kier alpha value is -1.31. The highest BCUT2D eigenvalue weighted by atomic mass is 32.7. The van der Waals surface area contributed by atoms with Crippen LogP contribution in [0.2, 0.25) is 0 Å². The Morgan fingerprint density at radius 1 is 0.531 bits per heavy atom. The predicted molar refractivity (Wildman–Crippen MR) is 146 cm³/mol. The van der Waals surface area contributed by atoms with Gasteiger partial charge in [-0.05, 0) is 44.9 Å². The minimum atomic E-state index is -1.40. The van der Waals surface area contributed by atoms with Crippen molar-refractivity contribution in [3.63, 3.8) is 0 Å². The number of benzene rings is 2. The van der Waals surface area contributed by atoms with Crippen molar-refractivity contribution in [1.82, 2.24) is 0 Å². The van der Waals surface area contributed by atoms with Gasteiger partial charge in [-0.25, -0.2) is 0 Å². The fourth-order valence-electron chi connectivity index (χ4n) is 4.01. The van der Waals surface area contributed by atoms with E-state index in [2.05, 4.69) is 107 Å². The highest BCUT2D eigenvalue weighted by Gasteiger charge is 2.28. The van der Waals surface area contributed by atoms with Gasteiger partial charge in [0, 0.05) is 21.9 Å². The molecule has 0 saturated heterocycles. The van der Waals surface area contributed by atoms with Crippen molar-refractivity contribution >= 4 is 41.4 Å². The first-order valence-corrected chi connectivity index (χ1v) is 13.9. The zero-order chi connectivity index (χ0) is 24.4. The SMILES string of the molecule is CC(C)(C)c1cc(C(C)(C)C)c2op(S)oc3c(C(C)(C)C)cc(C(C)(C)C)cc3c2c1. The van der Waals surface area contributed by atoms with E-state index in [-0.39, 0.29) is 21.7 Å². The summed E-state index contributed by atoms with van der Waals surface area (Å²) in [6.07, 6.45) is 0. The lowest BCUT2D eigenvalue weighted by Gasteiger charge is -2.27. The number of hydrogen-bond acceptors (Lipinski definition) is 3. The molecule has 3 rings (SSSR count). The van der Waals surface area contributed by atoms with Gasteiger partial charge in [0.25, 0.3) is 7.22 Å². The van der Waals surface area contributed by atoms with Gasteiger partial charge in [0.15, 0.2) is 0 Å². The minimum absolute atomic E-state index is 0.0164. The van der Waals surface area contributed by atoms with Crippen LogP contribution in [-0.2, 0) is 21.7 Å². The highest BCUT2D eigenvalue weighted by Crippen LogP contribution is 2.46. The Balaban J connectivity index is 2.74. The first-order chi connectivity index (χ1) is 14.3. The molecule has 32 heavy (non-hydrogen) atoms. The van der Waals surface area contributed by atoms with Crippen LogP contribution in [0.25, 0.3) is 21.9 Å². The minimum Gasteiger partial charge on any atom is -0.411 e. The second-order valence-electron chi connectivity index (χ2n) is 13.2. The Kier molecular flexibility index (Phi) is 6.23. The van der Waals surface area contributed by atoms with Crippen LogP contribution in [0, 0.1) is 0 Å². The fourth-order valence-corrected chi connectivity index (χ4v) is 5.24. The summed E-state index contributed by atoms with van der Waals surface area (Å²) in [5, 5.41) is 2.24. The van der Waals surface area contributed by atoms with Gasteiger partial charge >= 0.3 is 0 Å². The Bertz CT molecular complexity index is 1110. The van der Waals surface area contributed by atoms with E-state index in [1.165, 1.54) is 22.3 Å². The van der Waals surface area contributed by atoms with E-state index in [9.17, 15) is 0 Å². The standard InChI is InChI=1S/C28H41O2PS/c1-25(2,3)17-13-19-20-14-18(26(4,5)6)16-22(28(10,11)12)24(20)30-31(32)29-23(19)21(15-17)27(7,8)9/h13-16,32H,1-12H3. The monoisotopic (exact) mass is 472 g/mol. The molecule has 0 fully saturated rings. The van der Waals surface area contributed by atoms with E-state index in [0.717, 1.165) is 21.9 Å². The lowest BCUT2D eigenvalue weighted by Crippen LogP contribution is -2.17.